The molecule has 3 aromatic rings. The zero-order valence-corrected chi connectivity index (χ0v) is 17.8. The minimum atomic E-state index is -0.149. The van der Waals surface area contributed by atoms with Crippen molar-refractivity contribution in [1.29, 1.82) is 0 Å². The van der Waals surface area contributed by atoms with Crippen LogP contribution in [0.5, 0.6) is 0 Å². The average Bonchev–Trinajstić information content (AvgIpc) is 3.21. The van der Waals surface area contributed by atoms with Crippen molar-refractivity contribution in [2.45, 2.75) is 46.3 Å². The number of fused-ring (bicyclic) bond motifs is 1. The summed E-state index contributed by atoms with van der Waals surface area (Å²) in [4.78, 5) is 30.9. The van der Waals surface area contributed by atoms with Gasteiger partial charge in [0, 0.05) is 24.3 Å². The number of pyridine rings is 1. The topological polar surface area (TPSA) is 62.4 Å². The van der Waals surface area contributed by atoms with Crippen molar-refractivity contribution < 1.29 is 9.53 Å². The third-order valence-corrected chi connectivity index (χ3v) is 5.73. The van der Waals surface area contributed by atoms with Gasteiger partial charge < -0.3 is 14.6 Å². The van der Waals surface area contributed by atoms with Gasteiger partial charge in [0.25, 0.3) is 11.5 Å². The van der Waals surface area contributed by atoms with E-state index in [-0.39, 0.29) is 24.1 Å². The van der Waals surface area contributed by atoms with Crippen LogP contribution in [0.2, 0.25) is 0 Å². The first kappa shape index (κ1) is 20.4. The van der Waals surface area contributed by atoms with Gasteiger partial charge in [0.2, 0.25) is 0 Å². The summed E-state index contributed by atoms with van der Waals surface area (Å²) in [5, 5.41) is 0.988. The zero-order valence-electron chi connectivity index (χ0n) is 17.8. The van der Waals surface area contributed by atoms with Crippen molar-refractivity contribution in [2.24, 2.45) is 0 Å². The monoisotopic (exact) mass is 404 g/mol. The third-order valence-electron chi connectivity index (χ3n) is 5.73. The third kappa shape index (κ3) is 4.31. The molecule has 30 heavy (non-hydrogen) atoms. The number of H-pyrrole nitrogens is 1. The maximum Gasteiger partial charge on any atom is 0.254 e. The van der Waals surface area contributed by atoms with E-state index in [1.165, 1.54) is 0 Å². The molecule has 0 spiro atoms. The Hall–Kier alpha value is -2.92. The second kappa shape index (κ2) is 8.44. The van der Waals surface area contributed by atoms with Crippen LogP contribution in [0.15, 0.2) is 47.3 Å². The molecule has 2 heterocycles. The van der Waals surface area contributed by atoms with Gasteiger partial charge in [0.1, 0.15) is 0 Å². The Kier molecular flexibility index (Phi) is 5.73. The number of benzene rings is 2. The summed E-state index contributed by atoms with van der Waals surface area (Å²) in [6.07, 6.45) is 1.96. The molecule has 5 heteroatoms. The van der Waals surface area contributed by atoms with Crippen molar-refractivity contribution >= 4 is 16.8 Å². The summed E-state index contributed by atoms with van der Waals surface area (Å²) in [6.45, 7) is 7.48. The first-order chi connectivity index (χ1) is 14.4. The van der Waals surface area contributed by atoms with E-state index < -0.39 is 0 Å². The number of aryl methyl sites for hydroxylation is 3. The fourth-order valence-corrected chi connectivity index (χ4v) is 4.27. The largest absolute Gasteiger partial charge is 0.376 e. The van der Waals surface area contributed by atoms with Gasteiger partial charge in [-0.05, 0) is 68.8 Å². The lowest BCUT2D eigenvalue weighted by atomic mass is 10.0. The number of nitrogens with one attached hydrogen (secondary N) is 1. The molecule has 0 saturated carbocycles. The Bertz CT molecular complexity index is 1140. The van der Waals surface area contributed by atoms with Crippen LogP contribution in [0, 0.1) is 20.8 Å². The van der Waals surface area contributed by atoms with Crippen molar-refractivity contribution in [3.8, 4) is 0 Å². The number of aromatic amines is 1. The van der Waals surface area contributed by atoms with Crippen LogP contribution >= 0.6 is 0 Å². The Morgan fingerprint density at radius 3 is 2.70 bits per heavy atom. The Labute approximate surface area is 176 Å². The predicted octanol–water partition coefficient (Wildman–Crippen LogP) is 4.27. The lowest BCUT2D eigenvalue weighted by molar-refractivity contribution is 0.0506. The number of carbonyl (C=O) groups is 1. The molecule has 0 radical (unpaired) electrons. The SMILES string of the molecule is Cc1cccc(C(=O)N(Cc2cc3cc(C)cc(C)c3[nH]c2=O)CC2CCCO2)c1. The van der Waals surface area contributed by atoms with Gasteiger partial charge >= 0.3 is 0 Å². The lowest BCUT2D eigenvalue weighted by Crippen LogP contribution is -2.38. The number of amides is 1. The van der Waals surface area contributed by atoms with Gasteiger partial charge in [-0.3, -0.25) is 9.59 Å². The molecule has 4 rings (SSSR count). The van der Waals surface area contributed by atoms with Gasteiger partial charge in [-0.15, -0.1) is 0 Å². The molecule has 0 bridgehead atoms. The summed E-state index contributed by atoms with van der Waals surface area (Å²) in [5.74, 6) is -0.0749. The number of aromatic nitrogens is 1. The molecule has 1 N–H and O–H groups in total. The van der Waals surface area contributed by atoms with E-state index in [4.69, 9.17) is 4.74 Å². The number of hydrogen-bond donors (Lipinski definition) is 1. The molecule has 1 unspecified atom stereocenters. The second-order valence-corrected chi connectivity index (χ2v) is 8.36. The highest BCUT2D eigenvalue weighted by atomic mass is 16.5. The molecular weight excluding hydrogens is 376 g/mol. The van der Waals surface area contributed by atoms with Crippen LogP contribution in [0.1, 0.15) is 45.5 Å². The number of carbonyl (C=O) groups excluding carboxylic acids is 1. The first-order valence-electron chi connectivity index (χ1n) is 10.5. The molecule has 1 atom stereocenters. The molecule has 156 valence electrons. The van der Waals surface area contributed by atoms with Gasteiger partial charge in [0.05, 0.1) is 18.2 Å². The normalized spacial score (nSPS) is 16.2. The Morgan fingerprint density at radius 2 is 1.97 bits per heavy atom. The molecule has 2 aromatic carbocycles. The van der Waals surface area contributed by atoms with Crippen molar-refractivity contribution in [3.05, 3.63) is 80.6 Å². The number of hydrogen-bond acceptors (Lipinski definition) is 3. The summed E-state index contributed by atoms with van der Waals surface area (Å²) in [5.41, 5.74) is 5.15. The van der Waals surface area contributed by atoms with E-state index in [1.807, 2.05) is 51.1 Å². The molecule has 1 aliphatic rings. The highest BCUT2D eigenvalue weighted by molar-refractivity contribution is 5.94. The van der Waals surface area contributed by atoms with Crippen LogP contribution in [-0.4, -0.2) is 35.0 Å². The van der Waals surface area contributed by atoms with E-state index in [0.29, 0.717) is 17.7 Å². The highest BCUT2D eigenvalue weighted by Crippen LogP contribution is 2.21. The van der Waals surface area contributed by atoms with E-state index in [0.717, 1.165) is 47.0 Å². The minimum Gasteiger partial charge on any atom is -0.376 e. The molecule has 5 nitrogen and oxygen atoms in total. The van der Waals surface area contributed by atoms with Crippen LogP contribution in [0.25, 0.3) is 10.9 Å². The van der Waals surface area contributed by atoms with Crippen molar-refractivity contribution in [2.75, 3.05) is 13.2 Å². The quantitative estimate of drug-likeness (QED) is 0.691. The smallest absolute Gasteiger partial charge is 0.254 e. The number of rotatable bonds is 5. The molecule has 1 aliphatic heterocycles. The van der Waals surface area contributed by atoms with Crippen molar-refractivity contribution in [3.63, 3.8) is 0 Å². The van der Waals surface area contributed by atoms with E-state index >= 15 is 0 Å². The Balaban J connectivity index is 1.69. The maximum atomic E-state index is 13.3. The predicted molar refractivity (Wildman–Crippen MR) is 119 cm³/mol. The summed E-state index contributed by atoms with van der Waals surface area (Å²) in [6, 6.07) is 13.6. The highest BCUT2D eigenvalue weighted by Gasteiger charge is 2.24. The van der Waals surface area contributed by atoms with Crippen LogP contribution in [0.3, 0.4) is 0 Å². The second-order valence-electron chi connectivity index (χ2n) is 8.36. The summed E-state index contributed by atoms with van der Waals surface area (Å²) in [7, 11) is 0. The fourth-order valence-electron chi connectivity index (χ4n) is 4.27. The fraction of sp³-hybridized carbons (Fsp3) is 0.360. The molecule has 0 aliphatic carbocycles. The molecule has 1 amide bonds. The summed E-state index contributed by atoms with van der Waals surface area (Å²) >= 11 is 0. The molecule has 1 fully saturated rings. The molecule has 1 aromatic heterocycles. The zero-order chi connectivity index (χ0) is 21.3. The summed E-state index contributed by atoms with van der Waals surface area (Å²) < 4.78 is 5.78. The van der Waals surface area contributed by atoms with Crippen LogP contribution < -0.4 is 5.56 Å². The number of nitrogens with zero attached hydrogens (tertiary/aromatic N) is 1. The first-order valence-corrected chi connectivity index (χ1v) is 10.5. The van der Waals surface area contributed by atoms with Crippen LogP contribution in [-0.2, 0) is 11.3 Å². The maximum absolute atomic E-state index is 13.3. The molecule has 1 saturated heterocycles. The standard InChI is InChI=1S/C25H28N2O3/c1-16-6-4-7-19(11-16)25(29)27(15-22-8-5-9-30-22)14-21-13-20-12-17(2)10-18(3)23(20)26-24(21)28/h4,6-7,10-13,22H,5,8-9,14-15H2,1-3H3,(H,26,28). The van der Waals surface area contributed by atoms with Gasteiger partial charge in [0.15, 0.2) is 0 Å². The van der Waals surface area contributed by atoms with E-state index in [1.54, 1.807) is 4.90 Å². The number of ether oxygens (including phenoxy) is 1. The Morgan fingerprint density at radius 1 is 1.13 bits per heavy atom. The average molecular weight is 405 g/mol. The molecular formula is C25H28N2O3. The minimum absolute atomic E-state index is 0.0165. The van der Waals surface area contributed by atoms with Gasteiger partial charge in [-0.1, -0.05) is 29.3 Å². The lowest BCUT2D eigenvalue weighted by Gasteiger charge is -2.26. The van der Waals surface area contributed by atoms with E-state index in [2.05, 4.69) is 17.1 Å². The van der Waals surface area contributed by atoms with Crippen molar-refractivity contribution in [1.82, 2.24) is 9.88 Å². The van der Waals surface area contributed by atoms with Gasteiger partial charge in [-0.25, -0.2) is 0 Å². The van der Waals surface area contributed by atoms with E-state index in [9.17, 15) is 9.59 Å². The van der Waals surface area contributed by atoms with Crippen LogP contribution in [0.4, 0.5) is 0 Å². The van der Waals surface area contributed by atoms with Gasteiger partial charge in [-0.2, -0.15) is 0 Å².